The molecular formula is C12H14BrNO2. The first-order valence-corrected chi connectivity index (χ1v) is 6.10. The number of halogens is 1. The van der Waals surface area contributed by atoms with Crippen LogP contribution in [0, 0.1) is 0 Å². The van der Waals surface area contributed by atoms with E-state index < -0.39 is 6.10 Å². The Kier molecular flexibility index (Phi) is 3.30. The molecule has 2 rings (SSSR count). The molecule has 1 amide bonds. The Morgan fingerprint density at radius 2 is 2.06 bits per heavy atom. The van der Waals surface area contributed by atoms with Gasteiger partial charge in [-0.15, -0.1) is 0 Å². The van der Waals surface area contributed by atoms with Gasteiger partial charge in [0.1, 0.15) is 0 Å². The quantitative estimate of drug-likeness (QED) is 0.903. The number of hydrogen-bond acceptors (Lipinski definition) is 2. The number of carbonyl (C=O) groups is 1. The SMILES string of the molecule is C[C@@H](c1ccc(Br)cc1)N1CC(O)CC1=O. The van der Waals surface area contributed by atoms with E-state index in [1.54, 1.807) is 4.90 Å². The molecule has 1 heterocycles. The molecule has 0 aliphatic carbocycles. The van der Waals surface area contributed by atoms with E-state index >= 15 is 0 Å². The van der Waals surface area contributed by atoms with Crippen molar-refractivity contribution < 1.29 is 9.90 Å². The second-order valence-electron chi connectivity index (χ2n) is 4.13. The summed E-state index contributed by atoms with van der Waals surface area (Å²) in [7, 11) is 0. The number of rotatable bonds is 2. The van der Waals surface area contributed by atoms with Crippen LogP contribution in [0.5, 0.6) is 0 Å². The van der Waals surface area contributed by atoms with Crippen molar-refractivity contribution in [3.8, 4) is 0 Å². The van der Waals surface area contributed by atoms with Gasteiger partial charge >= 0.3 is 0 Å². The molecule has 2 atom stereocenters. The highest BCUT2D eigenvalue weighted by atomic mass is 79.9. The normalized spacial score (nSPS) is 22.6. The smallest absolute Gasteiger partial charge is 0.225 e. The van der Waals surface area contributed by atoms with Crippen molar-refractivity contribution in [2.45, 2.75) is 25.5 Å². The molecule has 1 fully saturated rings. The van der Waals surface area contributed by atoms with Crippen LogP contribution in [0.3, 0.4) is 0 Å². The lowest BCUT2D eigenvalue weighted by atomic mass is 10.1. The second-order valence-corrected chi connectivity index (χ2v) is 5.05. The van der Waals surface area contributed by atoms with Crippen molar-refractivity contribution in [3.05, 3.63) is 34.3 Å². The number of aliphatic hydroxyl groups excluding tert-OH is 1. The summed E-state index contributed by atoms with van der Waals surface area (Å²) >= 11 is 3.38. The maximum Gasteiger partial charge on any atom is 0.225 e. The third kappa shape index (κ3) is 2.28. The Balaban J connectivity index is 2.16. The Labute approximate surface area is 103 Å². The van der Waals surface area contributed by atoms with Crippen LogP contribution in [0.25, 0.3) is 0 Å². The largest absolute Gasteiger partial charge is 0.391 e. The van der Waals surface area contributed by atoms with E-state index in [1.807, 2.05) is 31.2 Å². The summed E-state index contributed by atoms with van der Waals surface area (Å²) in [6.45, 7) is 2.43. The van der Waals surface area contributed by atoms with Gasteiger partial charge in [0.05, 0.1) is 18.6 Å². The molecule has 1 saturated heterocycles. The van der Waals surface area contributed by atoms with Crippen LogP contribution in [0.1, 0.15) is 24.9 Å². The second kappa shape index (κ2) is 4.55. The van der Waals surface area contributed by atoms with Gasteiger partial charge in [-0.2, -0.15) is 0 Å². The first-order valence-electron chi connectivity index (χ1n) is 5.31. The average molecular weight is 284 g/mol. The minimum absolute atomic E-state index is 0.0257. The highest BCUT2D eigenvalue weighted by Crippen LogP contribution is 2.26. The summed E-state index contributed by atoms with van der Waals surface area (Å²) in [4.78, 5) is 13.4. The monoisotopic (exact) mass is 283 g/mol. The highest BCUT2D eigenvalue weighted by Gasteiger charge is 2.31. The molecule has 1 aliphatic rings. The lowest BCUT2D eigenvalue weighted by Gasteiger charge is -2.24. The molecule has 0 bridgehead atoms. The molecule has 1 aromatic carbocycles. The Bertz CT molecular complexity index is 391. The first kappa shape index (κ1) is 11.6. The third-order valence-electron chi connectivity index (χ3n) is 2.96. The lowest BCUT2D eigenvalue weighted by molar-refractivity contribution is -0.129. The van der Waals surface area contributed by atoms with Crippen LogP contribution < -0.4 is 0 Å². The number of likely N-dealkylation sites (tertiary alicyclic amines) is 1. The number of aliphatic hydroxyl groups is 1. The number of amides is 1. The maximum atomic E-state index is 11.6. The molecule has 1 unspecified atom stereocenters. The van der Waals surface area contributed by atoms with Gasteiger partial charge in [0.25, 0.3) is 0 Å². The van der Waals surface area contributed by atoms with Crippen LogP contribution in [-0.2, 0) is 4.79 Å². The Hall–Kier alpha value is -0.870. The van der Waals surface area contributed by atoms with Crippen molar-refractivity contribution in [1.82, 2.24) is 4.90 Å². The van der Waals surface area contributed by atoms with E-state index in [9.17, 15) is 9.90 Å². The molecule has 1 aliphatic heterocycles. The average Bonchev–Trinajstić information content (AvgIpc) is 2.58. The summed E-state index contributed by atoms with van der Waals surface area (Å²) in [5.74, 6) is 0.0305. The van der Waals surface area contributed by atoms with Crippen molar-refractivity contribution in [2.24, 2.45) is 0 Å². The van der Waals surface area contributed by atoms with Gasteiger partial charge in [0.15, 0.2) is 0 Å². The van der Waals surface area contributed by atoms with E-state index in [2.05, 4.69) is 15.9 Å². The molecular weight excluding hydrogens is 270 g/mol. The van der Waals surface area contributed by atoms with Gasteiger partial charge in [0.2, 0.25) is 5.91 Å². The van der Waals surface area contributed by atoms with Gasteiger partial charge in [0, 0.05) is 11.0 Å². The number of nitrogens with zero attached hydrogens (tertiary/aromatic N) is 1. The minimum atomic E-state index is -0.509. The lowest BCUT2D eigenvalue weighted by Crippen LogP contribution is -2.29. The number of carbonyl (C=O) groups excluding carboxylic acids is 1. The molecule has 0 spiro atoms. The molecule has 3 nitrogen and oxygen atoms in total. The topological polar surface area (TPSA) is 40.5 Å². The zero-order valence-corrected chi connectivity index (χ0v) is 10.6. The van der Waals surface area contributed by atoms with E-state index in [0.717, 1.165) is 10.0 Å². The maximum absolute atomic E-state index is 11.6. The van der Waals surface area contributed by atoms with Crippen LogP contribution in [0.4, 0.5) is 0 Å². The van der Waals surface area contributed by atoms with Gasteiger partial charge in [-0.25, -0.2) is 0 Å². The van der Waals surface area contributed by atoms with E-state index in [-0.39, 0.29) is 18.4 Å². The number of benzene rings is 1. The van der Waals surface area contributed by atoms with Crippen molar-refractivity contribution >= 4 is 21.8 Å². The van der Waals surface area contributed by atoms with Crippen LogP contribution in [0.2, 0.25) is 0 Å². The Morgan fingerprint density at radius 3 is 2.56 bits per heavy atom. The predicted octanol–water partition coefficient (Wildman–Crippen LogP) is 2.10. The van der Waals surface area contributed by atoms with Gasteiger partial charge in [-0.3, -0.25) is 4.79 Å². The standard InChI is InChI=1S/C12H14BrNO2/c1-8(9-2-4-10(13)5-3-9)14-7-11(15)6-12(14)16/h2-5,8,11,15H,6-7H2,1H3/t8-,11?/m0/s1. The summed E-state index contributed by atoms with van der Waals surface area (Å²) in [5.41, 5.74) is 1.09. The van der Waals surface area contributed by atoms with Gasteiger partial charge in [-0.1, -0.05) is 28.1 Å². The summed E-state index contributed by atoms with van der Waals surface area (Å²) in [6, 6.07) is 7.93. The van der Waals surface area contributed by atoms with Crippen molar-refractivity contribution in [3.63, 3.8) is 0 Å². The molecule has 0 saturated carbocycles. The van der Waals surface area contributed by atoms with E-state index in [1.165, 1.54) is 0 Å². The zero-order chi connectivity index (χ0) is 11.7. The van der Waals surface area contributed by atoms with E-state index in [4.69, 9.17) is 0 Å². The molecule has 1 aromatic rings. The summed E-state index contributed by atoms with van der Waals surface area (Å²) in [5, 5.41) is 9.44. The molecule has 86 valence electrons. The third-order valence-corrected chi connectivity index (χ3v) is 3.49. The molecule has 0 aromatic heterocycles. The van der Waals surface area contributed by atoms with Crippen LogP contribution in [0.15, 0.2) is 28.7 Å². The fraction of sp³-hybridized carbons (Fsp3) is 0.417. The first-order chi connectivity index (χ1) is 7.58. The highest BCUT2D eigenvalue weighted by molar-refractivity contribution is 9.10. The minimum Gasteiger partial charge on any atom is -0.391 e. The fourth-order valence-electron chi connectivity index (χ4n) is 2.01. The van der Waals surface area contributed by atoms with Gasteiger partial charge in [-0.05, 0) is 24.6 Å². The molecule has 0 radical (unpaired) electrons. The zero-order valence-electron chi connectivity index (χ0n) is 9.06. The van der Waals surface area contributed by atoms with E-state index in [0.29, 0.717) is 6.54 Å². The molecule has 16 heavy (non-hydrogen) atoms. The van der Waals surface area contributed by atoms with Crippen molar-refractivity contribution in [1.29, 1.82) is 0 Å². The number of β-amino-alcohol motifs (C(OH)–C–C–N with tert-alkyl or cyclic N) is 1. The Morgan fingerprint density at radius 1 is 1.44 bits per heavy atom. The summed E-state index contributed by atoms with van der Waals surface area (Å²) < 4.78 is 1.02. The fourth-order valence-corrected chi connectivity index (χ4v) is 2.27. The predicted molar refractivity (Wildman–Crippen MR) is 64.9 cm³/mol. The van der Waals surface area contributed by atoms with Gasteiger partial charge < -0.3 is 10.0 Å². The van der Waals surface area contributed by atoms with Crippen LogP contribution in [-0.4, -0.2) is 28.6 Å². The molecule has 1 N–H and O–H groups in total. The van der Waals surface area contributed by atoms with Crippen molar-refractivity contribution in [2.75, 3.05) is 6.54 Å². The number of hydrogen-bond donors (Lipinski definition) is 1. The van der Waals surface area contributed by atoms with Crippen LogP contribution >= 0.6 is 15.9 Å². The summed E-state index contributed by atoms with van der Waals surface area (Å²) in [6.07, 6.45) is -0.258. The molecule has 4 heteroatoms.